The molecule has 0 spiro atoms. The van der Waals surface area contributed by atoms with E-state index in [4.69, 9.17) is 10.5 Å². The van der Waals surface area contributed by atoms with Gasteiger partial charge in [0.05, 0.1) is 12.7 Å². The van der Waals surface area contributed by atoms with E-state index < -0.39 is 0 Å². The summed E-state index contributed by atoms with van der Waals surface area (Å²) in [5, 5.41) is 0. The summed E-state index contributed by atoms with van der Waals surface area (Å²) in [7, 11) is 1.62. The molecule has 20 heavy (non-hydrogen) atoms. The van der Waals surface area contributed by atoms with Gasteiger partial charge >= 0.3 is 0 Å². The number of hydrogen-bond acceptors (Lipinski definition) is 3. The number of Topliss-reactive ketones (excluding diaryl/α,β-unsaturated/α-hetero) is 1. The van der Waals surface area contributed by atoms with Gasteiger partial charge in [-0.25, -0.2) is 0 Å². The van der Waals surface area contributed by atoms with E-state index in [2.05, 4.69) is 6.92 Å². The van der Waals surface area contributed by atoms with Crippen LogP contribution in [-0.2, 0) is 0 Å². The third-order valence-electron chi connectivity index (χ3n) is 3.87. The summed E-state index contributed by atoms with van der Waals surface area (Å²) in [6, 6.07) is 3.96. The molecule has 1 unspecified atom stereocenters. The standard InChI is InChI=1S/C17H27NO2/c1-5-14(8-9-18)6-7-15(19)17-13(3)10-12(2)11-16(17)20-4/h10-11,14H,5-9,18H2,1-4H3. The fraction of sp³-hybridized carbons (Fsp3) is 0.588. The summed E-state index contributed by atoms with van der Waals surface area (Å²) >= 11 is 0. The number of ketones is 1. The Morgan fingerprint density at radius 1 is 1.30 bits per heavy atom. The van der Waals surface area contributed by atoms with Crippen LogP contribution in [0.2, 0.25) is 0 Å². The van der Waals surface area contributed by atoms with Crippen molar-refractivity contribution in [2.45, 2.75) is 46.5 Å². The molecule has 1 atom stereocenters. The lowest BCUT2D eigenvalue weighted by Crippen LogP contribution is -2.11. The number of carbonyl (C=O) groups is 1. The third kappa shape index (κ3) is 4.34. The van der Waals surface area contributed by atoms with Gasteiger partial charge in [0.15, 0.2) is 5.78 Å². The van der Waals surface area contributed by atoms with Gasteiger partial charge in [-0.3, -0.25) is 4.79 Å². The quantitative estimate of drug-likeness (QED) is 0.738. The van der Waals surface area contributed by atoms with Crippen LogP contribution in [0.5, 0.6) is 5.75 Å². The molecule has 0 aliphatic heterocycles. The normalized spacial score (nSPS) is 12.2. The van der Waals surface area contributed by atoms with Crippen molar-refractivity contribution in [2.24, 2.45) is 11.7 Å². The minimum atomic E-state index is 0.176. The molecule has 0 saturated heterocycles. The van der Waals surface area contributed by atoms with Crippen LogP contribution in [0.4, 0.5) is 0 Å². The lowest BCUT2D eigenvalue weighted by atomic mass is 9.92. The highest BCUT2D eigenvalue weighted by atomic mass is 16.5. The van der Waals surface area contributed by atoms with Crippen molar-refractivity contribution in [3.63, 3.8) is 0 Å². The maximum atomic E-state index is 12.5. The van der Waals surface area contributed by atoms with E-state index in [0.29, 0.717) is 24.6 Å². The lowest BCUT2D eigenvalue weighted by molar-refractivity contribution is 0.0969. The van der Waals surface area contributed by atoms with Gasteiger partial charge in [-0.05, 0) is 56.3 Å². The molecule has 0 amide bonds. The summed E-state index contributed by atoms with van der Waals surface area (Å²) in [6.45, 7) is 6.83. The smallest absolute Gasteiger partial charge is 0.166 e. The van der Waals surface area contributed by atoms with Gasteiger partial charge in [-0.15, -0.1) is 0 Å². The molecule has 1 aromatic carbocycles. The zero-order chi connectivity index (χ0) is 15.1. The second-order valence-corrected chi connectivity index (χ2v) is 5.47. The van der Waals surface area contributed by atoms with E-state index in [1.165, 1.54) is 0 Å². The number of ether oxygens (including phenoxy) is 1. The van der Waals surface area contributed by atoms with Crippen LogP contribution in [0.1, 0.15) is 54.1 Å². The number of carbonyl (C=O) groups excluding carboxylic acids is 1. The van der Waals surface area contributed by atoms with Crippen LogP contribution < -0.4 is 10.5 Å². The van der Waals surface area contributed by atoms with Gasteiger partial charge < -0.3 is 10.5 Å². The Hall–Kier alpha value is -1.35. The van der Waals surface area contributed by atoms with Crippen LogP contribution in [-0.4, -0.2) is 19.4 Å². The van der Waals surface area contributed by atoms with E-state index in [0.717, 1.165) is 36.0 Å². The summed E-state index contributed by atoms with van der Waals surface area (Å²) < 4.78 is 5.37. The van der Waals surface area contributed by atoms with Gasteiger partial charge in [0.25, 0.3) is 0 Å². The average Bonchev–Trinajstić information content (AvgIpc) is 2.42. The van der Waals surface area contributed by atoms with Crippen molar-refractivity contribution in [1.29, 1.82) is 0 Å². The van der Waals surface area contributed by atoms with Crippen molar-refractivity contribution < 1.29 is 9.53 Å². The van der Waals surface area contributed by atoms with Crippen molar-refractivity contribution >= 4 is 5.78 Å². The Morgan fingerprint density at radius 2 is 2.00 bits per heavy atom. The summed E-state index contributed by atoms with van der Waals surface area (Å²) in [4.78, 5) is 12.5. The van der Waals surface area contributed by atoms with Crippen molar-refractivity contribution in [2.75, 3.05) is 13.7 Å². The lowest BCUT2D eigenvalue weighted by Gasteiger charge is -2.15. The van der Waals surface area contributed by atoms with E-state index in [9.17, 15) is 4.79 Å². The fourth-order valence-corrected chi connectivity index (χ4v) is 2.70. The van der Waals surface area contributed by atoms with Gasteiger partial charge in [0, 0.05) is 6.42 Å². The van der Waals surface area contributed by atoms with Crippen molar-refractivity contribution in [3.05, 3.63) is 28.8 Å². The topological polar surface area (TPSA) is 52.3 Å². The van der Waals surface area contributed by atoms with Gasteiger partial charge in [0.2, 0.25) is 0 Å². The Morgan fingerprint density at radius 3 is 2.55 bits per heavy atom. The molecule has 0 heterocycles. The van der Waals surface area contributed by atoms with E-state index in [1.807, 2.05) is 26.0 Å². The molecule has 3 heteroatoms. The van der Waals surface area contributed by atoms with E-state index >= 15 is 0 Å². The SMILES string of the molecule is CCC(CCN)CCC(=O)c1c(C)cc(C)cc1OC. The molecule has 0 fully saturated rings. The second kappa shape index (κ2) is 8.05. The van der Waals surface area contributed by atoms with Crippen LogP contribution in [0.3, 0.4) is 0 Å². The minimum Gasteiger partial charge on any atom is -0.496 e. The Labute approximate surface area is 122 Å². The maximum Gasteiger partial charge on any atom is 0.166 e. The zero-order valence-corrected chi connectivity index (χ0v) is 13.2. The maximum absolute atomic E-state index is 12.5. The molecule has 0 radical (unpaired) electrons. The number of rotatable bonds is 8. The van der Waals surface area contributed by atoms with Gasteiger partial charge in [0.1, 0.15) is 5.75 Å². The number of benzene rings is 1. The number of hydrogen-bond donors (Lipinski definition) is 1. The molecule has 3 nitrogen and oxygen atoms in total. The van der Waals surface area contributed by atoms with Crippen LogP contribution >= 0.6 is 0 Å². The Kier molecular flexibility index (Phi) is 6.73. The molecular weight excluding hydrogens is 250 g/mol. The molecular formula is C17H27NO2. The van der Waals surface area contributed by atoms with Crippen LogP contribution in [0, 0.1) is 19.8 Å². The van der Waals surface area contributed by atoms with E-state index in [-0.39, 0.29) is 5.78 Å². The minimum absolute atomic E-state index is 0.176. The monoisotopic (exact) mass is 277 g/mol. The van der Waals surface area contributed by atoms with Gasteiger partial charge in [-0.1, -0.05) is 19.4 Å². The largest absolute Gasteiger partial charge is 0.496 e. The molecule has 1 aromatic rings. The molecule has 0 saturated carbocycles. The molecule has 1 rings (SSSR count). The van der Waals surface area contributed by atoms with E-state index in [1.54, 1.807) is 7.11 Å². The first-order valence-electron chi connectivity index (χ1n) is 7.41. The highest BCUT2D eigenvalue weighted by molar-refractivity contribution is 6.00. The van der Waals surface area contributed by atoms with Crippen LogP contribution in [0.15, 0.2) is 12.1 Å². The Bertz CT molecular complexity index is 455. The summed E-state index contributed by atoms with van der Waals surface area (Å²) in [5.41, 5.74) is 8.46. The molecule has 0 aliphatic carbocycles. The van der Waals surface area contributed by atoms with Gasteiger partial charge in [-0.2, -0.15) is 0 Å². The highest BCUT2D eigenvalue weighted by Gasteiger charge is 2.17. The first-order valence-corrected chi connectivity index (χ1v) is 7.41. The fourth-order valence-electron chi connectivity index (χ4n) is 2.70. The molecule has 0 bridgehead atoms. The number of methoxy groups -OCH3 is 1. The summed E-state index contributed by atoms with van der Waals surface area (Å²) in [5.74, 6) is 1.41. The second-order valence-electron chi connectivity index (χ2n) is 5.47. The first-order chi connectivity index (χ1) is 9.53. The number of nitrogens with two attached hydrogens (primary N) is 1. The van der Waals surface area contributed by atoms with Crippen LogP contribution in [0.25, 0.3) is 0 Å². The highest BCUT2D eigenvalue weighted by Crippen LogP contribution is 2.27. The third-order valence-corrected chi connectivity index (χ3v) is 3.87. The molecule has 2 N–H and O–H groups in total. The molecule has 0 aliphatic rings. The number of aryl methyl sites for hydroxylation is 2. The molecule has 112 valence electrons. The first kappa shape index (κ1) is 16.7. The average molecular weight is 277 g/mol. The predicted molar refractivity (Wildman–Crippen MR) is 83.5 cm³/mol. The summed E-state index contributed by atoms with van der Waals surface area (Å²) in [6.07, 6.45) is 3.55. The van der Waals surface area contributed by atoms with Crippen molar-refractivity contribution in [1.82, 2.24) is 0 Å². The zero-order valence-electron chi connectivity index (χ0n) is 13.2. The van der Waals surface area contributed by atoms with Crippen molar-refractivity contribution in [3.8, 4) is 5.75 Å². The predicted octanol–water partition coefficient (Wildman–Crippen LogP) is 3.65. The molecule has 0 aromatic heterocycles. The Balaban J connectivity index is 2.82.